The predicted molar refractivity (Wildman–Crippen MR) is 77.5 cm³/mol. The van der Waals surface area contributed by atoms with Gasteiger partial charge in [0.2, 0.25) is 0 Å². The Kier molecular flexibility index (Phi) is 8.22. The SMILES string of the molecule is CCC(CNC(=O)OC(C)(C)C)NC(CC)C(=O)OC. The average molecular weight is 288 g/mol. The summed E-state index contributed by atoms with van der Waals surface area (Å²) in [5.74, 6) is -0.289. The molecule has 118 valence electrons. The minimum atomic E-state index is -0.517. The lowest BCUT2D eigenvalue weighted by Gasteiger charge is -2.24. The van der Waals surface area contributed by atoms with Crippen molar-refractivity contribution in [3.8, 4) is 0 Å². The van der Waals surface area contributed by atoms with Crippen molar-refractivity contribution in [3.63, 3.8) is 0 Å². The lowest BCUT2D eigenvalue weighted by Crippen LogP contribution is -2.49. The van der Waals surface area contributed by atoms with Crippen molar-refractivity contribution < 1.29 is 19.1 Å². The molecule has 1 amide bonds. The second-order valence-electron chi connectivity index (χ2n) is 5.64. The summed E-state index contributed by atoms with van der Waals surface area (Å²) < 4.78 is 9.89. The summed E-state index contributed by atoms with van der Waals surface area (Å²) in [6, 6.07) is -0.364. The van der Waals surface area contributed by atoms with Crippen LogP contribution in [0.2, 0.25) is 0 Å². The Balaban J connectivity index is 4.28. The molecule has 0 heterocycles. The maximum absolute atomic E-state index is 11.6. The number of carbonyl (C=O) groups excluding carboxylic acids is 2. The van der Waals surface area contributed by atoms with E-state index in [2.05, 4.69) is 10.6 Å². The Morgan fingerprint density at radius 2 is 1.75 bits per heavy atom. The highest BCUT2D eigenvalue weighted by Gasteiger charge is 2.21. The monoisotopic (exact) mass is 288 g/mol. The molecule has 0 saturated carbocycles. The molecule has 0 aliphatic carbocycles. The van der Waals surface area contributed by atoms with Crippen LogP contribution in [-0.2, 0) is 14.3 Å². The molecule has 2 N–H and O–H groups in total. The molecule has 2 atom stereocenters. The fourth-order valence-corrected chi connectivity index (χ4v) is 1.62. The van der Waals surface area contributed by atoms with E-state index in [9.17, 15) is 9.59 Å². The Hall–Kier alpha value is -1.30. The topological polar surface area (TPSA) is 76.7 Å². The molecular weight excluding hydrogens is 260 g/mol. The van der Waals surface area contributed by atoms with E-state index in [0.717, 1.165) is 6.42 Å². The third-order valence-corrected chi connectivity index (χ3v) is 2.72. The van der Waals surface area contributed by atoms with Crippen LogP contribution in [0.5, 0.6) is 0 Å². The molecule has 0 spiro atoms. The first kappa shape index (κ1) is 18.7. The second-order valence-corrected chi connectivity index (χ2v) is 5.64. The number of esters is 1. The van der Waals surface area contributed by atoms with Gasteiger partial charge in [-0.2, -0.15) is 0 Å². The van der Waals surface area contributed by atoms with E-state index in [-0.39, 0.29) is 18.1 Å². The van der Waals surface area contributed by atoms with Crippen molar-refractivity contribution in [2.24, 2.45) is 0 Å². The molecule has 2 unspecified atom stereocenters. The van der Waals surface area contributed by atoms with Gasteiger partial charge in [-0.15, -0.1) is 0 Å². The first-order chi connectivity index (χ1) is 9.23. The molecule has 20 heavy (non-hydrogen) atoms. The van der Waals surface area contributed by atoms with Crippen molar-refractivity contribution in [3.05, 3.63) is 0 Å². The minimum absolute atomic E-state index is 0.00781. The zero-order valence-electron chi connectivity index (χ0n) is 13.4. The molecule has 0 rings (SSSR count). The normalized spacial score (nSPS) is 14.3. The van der Waals surface area contributed by atoms with Crippen LogP contribution in [0.1, 0.15) is 47.5 Å². The molecule has 6 heteroatoms. The molecule has 0 aromatic heterocycles. The van der Waals surface area contributed by atoms with Gasteiger partial charge in [0.1, 0.15) is 11.6 Å². The number of rotatable bonds is 7. The summed E-state index contributed by atoms with van der Waals surface area (Å²) in [5.41, 5.74) is -0.517. The van der Waals surface area contributed by atoms with E-state index in [1.807, 2.05) is 34.6 Å². The van der Waals surface area contributed by atoms with Crippen molar-refractivity contribution in [1.82, 2.24) is 10.6 Å². The van der Waals surface area contributed by atoms with Crippen LogP contribution in [0, 0.1) is 0 Å². The molecular formula is C14H28N2O4. The van der Waals surface area contributed by atoms with E-state index in [1.165, 1.54) is 7.11 Å². The molecule has 0 radical (unpaired) electrons. The largest absolute Gasteiger partial charge is 0.468 e. The highest BCUT2D eigenvalue weighted by atomic mass is 16.6. The van der Waals surface area contributed by atoms with Crippen LogP contribution >= 0.6 is 0 Å². The van der Waals surface area contributed by atoms with Crippen molar-refractivity contribution in [1.29, 1.82) is 0 Å². The van der Waals surface area contributed by atoms with Gasteiger partial charge in [0, 0.05) is 12.6 Å². The second kappa shape index (κ2) is 8.79. The van der Waals surface area contributed by atoms with Gasteiger partial charge >= 0.3 is 12.1 Å². The summed E-state index contributed by atoms with van der Waals surface area (Å²) in [7, 11) is 1.37. The van der Waals surface area contributed by atoms with Gasteiger partial charge in [0.15, 0.2) is 0 Å². The fraction of sp³-hybridized carbons (Fsp3) is 0.857. The van der Waals surface area contributed by atoms with Gasteiger partial charge in [0.25, 0.3) is 0 Å². The summed E-state index contributed by atoms with van der Waals surface area (Å²) in [4.78, 5) is 23.1. The Labute approximate surface area is 121 Å². The molecule has 0 fully saturated rings. The quantitative estimate of drug-likeness (QED) is 0.699. The summed E-state index contributed by atoms with van der Waals surface area (Å²) in [6.45, 7) is 9.73. The molecule has 0 saturated heterocycles. The van der Waals surface area contributed by atoms with Gasteiger partial charge < -0.3 is 14.8 Å². The molecule has 0 aliphatic heterocycles. The van der Waals surface area contributed by atoms with E-state index < -0.39 is 11.7 Å². The number of ether oxygens (including phenoxy) is 2. The average Bonchev–Trinajstić information content (AvgIpc) is 2.36. The third kappa shape index (κ3) is 7.99. The molecule has 0 aliphatic rings. The maximum atomic E-state index is 11.6. The Morgan fingerprint density at radius 1 is 1.15 bits per heavy atom. The number of hydrogen-bond donors (Lipinski definition) is 2. The van der Waals surface area contributed by atoms with Gasteiger partial charge in [-0.05, 0) is 33.6 Å². The summed E-state index contributed by atoms with van der Waals surface area (Å²) in [5, 5.41) is 5.88. The standard InChI is InChI=1S/C14H28N2O4/c1-7-10(16-11(8-2)12(17)19-6)9-15-13(18)20-14(3,4)5/h10-11,16H,7-9H2,1-6H3,(H,15,18). The number of hydrogen-bond acceptors (Lipinski definition) is 5. The molecule has 0 aromatic rings. The van der Waals surface area contributed by atoms with Crippen LogP contribution in [0.3, 0.4) is 0 Å². The predicted octanol–water partition coefficient (Wildman–Crippen LogP) is 1.83. The number of carbonyl (C=O) groups is 2. The van der Waals surface area contributed by atoms with E-state index in [0.29, 0.717) is 13.0 Å². The first-order valence-electron chi connectivity index (χ1n) is 7.04. The van der Waals surface area contributed by atoms with Crippen LogP contribution in [0.25, 0.3) is 0 Å². The van der Waals surface area contributed by atoms with Gasteiger partial charge in [-0.25, -0.2) is 4.79 Å². The van der Waals surface area contributed by atoms with Crippen molar-refractivity contribution in [2.75, 3.05) is 13.7 Å². The summed E-state index contributed by atoms with van der Waals surface area (Å²) in [6.07, 6.45) is 0.961. The third-order valence-electron chi connectivity index (χ3n) is 2.72. The molecule has 0 aromatic carbocycles. The van der Waals surface area contributed by atoms with Crippen molar-refractivity contribution >= 4 is 12.1 Å². The van der Waals surface area contributed by atoms with E-state index >= 15 is 0 Å². The van der Waals surface area contributed by atoms with Gasteiger partial charge in [-0.3, -0.25) is 10.1 Å². The number of amides is 1. The molecule has 6 nitrogen and oxygen atoms in total. The maximum Gasteiger partial charge on any atom is 0.407 e. The van der Waals surface area contributed by atoms with Gasteiger partial charge in [0.05, 0.1) is 7.11 Å². The lowest BCUT2D eigenvalue weighted by molar-refractivity contribution is -0.143. The zero-order chi connectivity index (χ0) is 15.8. The van der Waals surface area contributed by atoms with E-state index in [4.69, 9.17) is 9.47 Å². The Bertz CT molecular complexity index is 313. The smallest absolute Gasteiger partial charge is 0.407 e. The van der Waals surface area contributed by atoms with Crippen LogP contribution < -0.4 is 10.6 Å². The highest BCUT2D eigenvalue weighted by molar-refractivity contribution is 5.75. The number of nitrogens with one attached hydrogen (secondary N) is 2. The fourth-order valence-electron chi connectivity index (χ4n) is 1.62. The minimum Gasteiger partial charge on any atom is -0.468 e. The first-order valence-corrected chi connectivity index (χ1v) is 7.04. The van der Waals surface area contributed by atoms with Crippen molar-refractivity contribution in [2.45, 2.75) is 65.1 Å². The Morgan fingerprint density at radius 3 is 2.15 bits per heavy atom. The highest BCUT2D eigenvalue weighted by Crippen LogP contribution is 2.06. The lowest BCUT2D eigenvalue weighted by atomic mass is 10.1. The molecule has 0 bridgehead atoms. The van der Waals surface area contributed by atoms with E-state index in [1.54, 1.807) is 0 Å². The van der Waals surface area contributed by atoms with Crippen LogP contribution in [0.4, 0.5) is 4.79 Å². The number of methoxy groups -OCH3 is 1. The van der Waals surface area contributed by atoms with Crippen LogP contribution in [0.15, 0.2) is 0 Å². The number of alkyl carbamates (subject to hydrolysis) is 1. The summed E-state index contributed by atoms with van der Waals surface area (Å²) >= 11 is 0. The van der Waals surface area contributed by atoms with Gasteiger partial charge in [-0.1, -0.05) is 13.8 Å². The zero-order valence-corrected chi connectivity index (χ0v) is 13.4. The van der Waals surface area contributed by atoms with Crippen LogP contribution in [-0.4, -0.2) is 43.4 Å².